The summed E-state index contributed by atoms with van der Waals surface area (Å²) in [5.41, 5.74) is 5.54. The molecule has 0 aliphatic rings. The molecule has 2 rings (SSSR count). The minimum atomic E-state index is 0.399. The standard InChI is InChI=1S/C20H27N/c1-15-10-13-20(16(2)14-15)18(4)21-17(3)11-12-19-8-6-5-7-9-19/h5-10,13-14,17-18,21H,11-12H2,1-4H3. The van der Waals surface area contributed by atoms with Gasteiger partial charge in [-0.3, -0.25) is 0 Å². The summed E-state index contributed by atoms with van der Waals surface area (Å²) in [5.74, 6) is 0. The van der Waals surface area contributed by atoms with Crippen molar-refractivity contribution < 1.29 is 0 Å². The second-order valence-electron chi connectivity index (χ2n) is 6.17. The van der Waals surface area contributed by atoms with E-state index in [0.717, 1.165) is 6.42 Å². The molecule has 0 heterocycles. The van der Waals surface area contributed by atoms with Gasteiger partial charge in [0.25, 0.3) is 0 Å². The molecule has 0 amide bonds. The van der Waals surface area contributed by atoms with Gasteiger partial charge in [-0.25, -0.2) is 0 Å². The quantitative estimate of drug-likeness (QED) is 0.787. The zero-order chi connectivity index (χ0) is 15.2. The summed E-state index contributed by atoms with van der Waals surface area (Å²) in [6.07, 6.45) is 2.30. The van der Waals surface area contributed by atoms with Gasteiger partial charge in [0.15, 0.2) is 0 Å². The van der Waals surface area contributed by atoms with E-state index < -0.39 is 0 Å². The van der Waals surface area contributed by atoms with Crippen LogP contribution in [0.4, 0.5) is 0 Å². The summed E-state index contributed by atoms with van der Waals surface area (Å²) in [4.78, 5) is 0. The molecule has 0 fully saturated rings. The van der Waals surface area contributed by atoms with Crippen molar-refractivity contribution in [2.75, 3.05) is 0 Å². The topological polar surface area (TPSA) is 12.0 Å². The third-order valence-corrected chi connectivity index (χ3v) is 4.14. The summed E-state index contributed by atoms with van der Waals surface area (Å²) in [5, 5.41) is 3.73. The number of hydrogen-bond donors (Lipinski definition) is 1. The third kappa shape index (κ3) is 4.71. The summed E-state index contributed by atoms with van der Waals surface area (Å²) in [6.45, 7) is 8.89. The normalized spacial score (nSPS) is 13.9. The first-order valence-corrected chi connectivity index (χ1v) is 7.93. The molecule has 2 atom stereocenters. The molecule has 0 saturated carbocycles. The van der Waals surface area contributed by atoms with Crippen molar-refractivity contribution in [3.63, 3.8) is 0 Å². The Morgan fingerprint density at radius 1 is 0.952 bits per heavy atom. The Bertz CT molecular complexity index is 559. The molecule has 0 radical (unpaired) electrons. The molecule has 1 nitrogen and oxygen atoms in total. The molecular weight excluding hydrogens is 254 g/mol. The molecule has 0 bridgehead atoms. The maximum absolute atomic E-state index is 3.73. The lowest BCUT2D eigenvalue weighted by Crippen LogP contribution is -2.29. The van der Waals surface area contributed by atoms with Crippen LogP contribution in [0.15, 0.2) is 48.5 Å². The Morgan fingerprint density at radius 2 is 1.67 bits per heavy atom. The number of rotatable bonds is 6. The summed E-state index contributed by atoms with van der Waals surface area (Å²) < 4.78 is 0. The van der Waals surface area contributed by atoms with Crippen molar-refractivity contribution in [2.45, 2.75) is 52.6 Å². The Balaban J connectivity index is 1.88. The minimum Gasteiger partial charge on any atom is -0.308 e. The van der Waals surface area contributed by atoms with Crippen LogP contribution in [0, 0.1) is 13.8 Å². The first kappa shape index (κ1) is 15.8. The fraction of sp³-hybridized carbons (Fsp3) is 0.400. The van der Waals surface area contributed by atoms with Crippen LogP contribution in [0.2, 0.25) is 0 Å². The molecule has 0 aliphatic carbocycles. The van der Waals surface area contributed by atoms with Crippen LogP contribution in [0.25, 0.3) is 0 Å². The van der Waals surface area contributed by atoms with E-state index in [-0.39, 0.29) is 0 Å². The van der Waals surface area contributed by atoms with Crippen LogP contribution in [0.5, 0.6) is 0 Å². The molecule has 0 saturated heterocycles. The minimum absolute atomic E-state index is 0.399. The van der Waals surface area contributed by atoms with Gasteiger partial charge < -0.3 is 5.32 Å². The van der Waals surface area contributed by atoms with Crippen LogP contribution < -0.4 is 5.32 Å². The first-order chi connectivity index (χ1) is 10.1. The third-order valence-electron chi connectivity index (χ3n) is 4.14. The molecule has 112 valence electrons. The maximum Gasteiger partial charge on any atom is 0.0296 e. The number of hydrogen-bond acceptors (Lipinski definition) is 1. The molecule has 1 heteroatoms. The fourth-order valence-electron chi connectivity index (χ4n) is 2.94. The molecular formula is C20H27N. The second kappa shape index (κ2) is 7.42. The van der Waals surface area contributed by atoms with Crippen molar-refractivity contribution in [1.29, 1.82) is 0 Å². The van der Waals surface area contributed by atoms with Gasteiger partial charge in [-0.2, -0.15) is 0 Å². The van der Waals surface area contributed by atoms with Crippen LogP contribution >= 0.6 is 0 Å². The van der Waals surface area contributed by atoms with Crippen molar-refractivity contribution in [3.05, 3.63) is 70.8 Å². The lowest BCUT2D eigenvalue weighted by atomic mass is 9.99. The summed E-state index contributed by atoms with van der Waals surface area (Å²) in [7, 11) is 0. The monoisotopic (exact) mass is 281 g/mol. The van der Waals surface area contributed by atoms with Gasteiger partial charge >= 0.3 is 0 Å². The van der Waals surface area contributed by atoms with E-state index in [0.29, 0.717) is 12.1 Å². The maximum atomic E-state index is 3.73. The molecule has 0 aliphatic heterocycles. The highest BCUT2D eigenvalue weighted by atomic mass is 14.9. The van der Waals surface area contributed by atoms with Gasteiger partial charge in [-0.05, 0) is 57.2 Å². The van der Waals surface area contributed by atoms with Crippen molar-refractivity contribution >= 4 is 0 Å². The summed E-state index contributed by atoms with van der Waals surface area (Å²) in [6, 6.07) is 18.4. The highest BCUT2D eigenvalue weighted by molar-refractivity contribution is 5.32. The van der Waals surface area contributed by atoms with Gasteiger partial charge in [-0.1, -0.05) is 54.1 Å². The lowest BCUT2D eigenvalue weighted by molar-refractivity contribution is 0.455. The van der Waals surface area contributed by atoms with E-state index in [9.17, 15) is 0 Å². The SMILES string of the molecule is Cc1ccc(C(C)NC(C)CCc2ccccc2)c(C)c1. The smallest absolute Gasteiger partial charge is 0.0296 e. The molecule has 0 spiro atoms. The van der Waals surface area contributed by atoms with Crippen molar-refractivity contribution in [3.8, 4) is 0 Å². The molecule has 21 heavy (non-hydrogen) atoms. The number of nitrogens with one attached hydrogen (secondary N) is 1. The van der Waals surface area contributed by atoms with Gasteiger partial charge in [-0.15, -0.1) is 0 Å². The van der Waals surface area contributed by atoms with E-state index in [1.54, 1.807) is 0 Å². The average molecular weight is 281 g/mol. The Hall–Kier alpha value is -1.60. The Labute approximate surface area is 129 Å². The molecule has 0 aromatic heterocycles. The van der Waals surface area contributed by atoms with E-state index >= 15 is 0 Å². The molecule has 2 aromatic rings. The van der Waals surface area contributed by atoms with Crippen LogP contribution in [-0.2, 0) is 6.42 Å². The van der Waals surface area contributed by atoms with Gasteiger partial charge in [0.2, 0.25) is 0 Å². The van der Waals surface area contributed by atoms with Crippen molar-refractivity contribution in [2.24, 2.45) is 0 Å². The molecule has 2 aromatic carbocycles. The molecule has 2 unspecified atom stereocenters. The predicted molar refractivity (Wildman–Crippen MR) is 91.7 cm³/mol. The van der Waals surface area contributed by atoms with Gasteiger partial charge in [0, 0.05) is 12.1 Å². The van der Waals surface area contributed by atoms with Crippen LogP contribution in [0.1, 0.15) is 48.6 Å². The Morgan fingerprint density at radius 3 is 2.33 bits per heavy atom. The summed E-state index contributed by atoms with van der Waals surface area (Å²) >= 11 is 0. The largest absolute Gasteiger partial charge is 0.308 e. The van der Waals surface area contributed by atoms with E-state index in [2.05, 4.69) is 81.5 Å². The average Bonchev–Trinajstić information content (AvgIpc) is 2.46. The fourth-order valence-corrected chi connectivity index (χ4v) is 2.94. The van der Waals surface area contributed by atoms with E-state index in [1.165, 1.54) is 28.7 Å². The van der Waals surface area contributed by atoms with Crippen LogP contribution in [0.3, 0.4) is 0 Å². The van der Waals surface area contributed by atoms with E-state index in [1.807, 2.05) is 0 Å². The zero-order valence-electron chi connectivity index (χ0n) is 13.7. The number of benzene rings is 2. The molecule has 1 N–H and O–H groups in total. The predicted octanol–water partition coefficient (Wildman–Crippen LogP) is 4.98. The van der Waals surface area contributed by atoms with Gasteiger partial charge in [0.05, 0.1) is 0 Å². The zero-order valence-corrected chi connectivity index (χ0v) is 13.7. The lowest BCUT2D eigenvalue weighted by Gasteiger charge is -2.22. The highest BCUT2D eigenvalue weighted by Crippen LogP contribution is 2.19. The number of aryl methyl sites for hydroxylation is 3. The van der Waals surface area contributed by atoms with Crippen LogP contribution in [-0.4, -0.2) is 6.04 Å². The second-order valence-corrected chi connectivity index (χ2v) is 6.17. The highest BCUT2D eigenvalue weighted by Gasteiger charge is 2.11. The first-order valence-electron chi connectivity index (χ1n) is 7.93. The Kier molecular flexibility index (Phi) is 5.58. The van der Waals surface area contributed by atoms with Gasteiger partial charge in [0.1, 0.15) is 0 Å². The van der Waals surface area contributed by atoms with Crippen molar-refractivity contribution in [1.82, 2.24) is 5.32 Å². The van der Waals surface area contributed by atoms with E-state index in [4.69, 9.17) is 0 Å².